The minimum absolute atomic E-state index is 0.0368. The number of pyridine rings is 2. The molecule has 0 unspecified atom stereocenters. The molecule has 4 aromatic rings. The quantitative estimate of drug-likeness (QED) is 0.388. The van der Waals surface area contributed by atoms with E-state index in [9.17, 15) is 4.79 Å². The molecule has 3 aromatic heterocycles. The van der Waals surface area contributed by atoms with Crippen molar-refractivity contribution >= 4 is 16.9 Å². The minimum atomic E-state index is 0.0368. The molecule has 30 heavy (non-hydrogen) atoms. The lowest BCUT2D eigenvalue weighted by Crippen LogP contribution is -2.00. The van der Waals surface area contributed by atoms with E-state index in [0.29, 0.717) is 52.8 Å². The Labute approximate surface area is 173 Å². The highest BCUT2D eigenvalue weighted by atomic mass is 16.5. The van der Waals surface area contributed by atoms with Crippen molar-refractivity contribution < 1.29 is 18.7 Å². The van der Waals surface area contributed by atoms with Crippen molar-refractivity contribution in [1.29, 1.82) is 0 Å². The summed E-state index contributed by atoms with van der Waals surface area (Å²) in [5.74, 6) is 1.85. The molecule has 3 heterocycles. The summed E-state index contributed by atoms with van der Waals surface area (Å²) in [5.41, 5.74) is 3.28. The van der Waals surface area contributed by atoms with E-state index in [1.54, 1.807) is 31.6 Å². The number of Topliss-reactive ketones (excluding diaryl/α,β-unsaturated/α-hetero) is 1. The Morgan fingerprint density at radius 3 is 2.60 bits per heavy atom. The number of rotatable bonds is 8. The van der Waals surface area contributed by atoms with E-state index in [-0.39, 0.29) is 5.78 Å². The van der Waals surface area contributed by atoms with Crippen molar-refractivity contribution in [2.45, 2.75) is 26.4 Å². The molecule has 0 saturated heterocycles. The highest BCUT2D eigenvalue weighted by Crippen LogP contribution is 2.27. The number of ether oxygens (including phenoxy) is 2. The molecule has 7 heteroatoms. The zero-order chi connectivity index (χ0) is 20.9. The Morgan fingerprint density at radius 2 is 1.90 bits per heavy atom. The van der Waals surface area contributed by atoms with Crippen molar-refractivity contribution in [2.75, 3.05) is 7.11 Å². The Balaban J connectivity index is 1.48. The fraction of sp³-hybridized carbons (Fsp3) is 0.217. The number of carbonyl (C=O) groups excluding carboxylic acids is 1. The van der Waals surface area contributed by atoms with E-state index >= 15 is 0 Å². The number of hydrogen-bond acceptors (Lipinski definition) is 7. The lowest BCUT2D eigenvalue weighted by molar-refractivity contribution is 0.0977. The van der Waals surface area contributed by atoms with Crippen molar-refractivity contribution in [1.82, 2.24) is 15.0 Å². The second kappa shape index (κ2) is 8.73. The average molecular weight is 403 g/mol. The SMILES string of the molecule is CCCC(=O)c1ccc(-c2nc3cc(OCc4ccc(OC)cn4)ccc3o2)cn1. The van der Waals surface area contributed by atoms with Gasteiger partial charge in [0.1, 0.15) is 29.3 Å². The van der Waals surface area contributed by atoms with Gasteiger partial charge in [-0.2, -0.15) is 0 Å². The van der Waals surface area contributed by atoms with Crippen LogP contribution in [0.1, 0.15) is 35.9 Å². The van der Waals surface area contributed by atoms with Crippen molar-refractivity contribution in [3.05, 3.63) is 66.2 Å². The predicted molar refractivity (Wildman–Crippen MR) is 112 cm³/mol. The molecule has 1 aromatic carbocycles. The van der Waals surface area contributed by atoms with Gasteiger partial charge in [-0.25, -0.2) is 4.98 Å². The number of aromatic nitrogens is 3. The number of methoxy groups -OCH3 is 1. The molecule has 0 bridgehead atoms. The van der Waals surface area contributed by atoms with Crippen LogP contribution in [0.2, 0.25) is 0 Å². The molecule has 7 nitrogen and oxygen atoms in total. The Hall–Kier alpha value is -3.74. The van der Waals surface area contributed by atoms with Crippen LogP contribution in [-0.4, -0.2) is 27.8 Å². The summed E-state index contributed by atoms with van der Waals surface area (Å²) in [6.45, 7) is 2.30. The molecule has 4 rings (SSSR count). The Bertz CT molecular complexity index is 1150. The van der Waals surface area contributed by atoms with Gasteiger partial charge in [0.25, 0.3) is 0 Å². The molecule has 0 fully saturated rings. The lowest BCUT2D eigenvalue weighted by Gasteiger charge is -2.06. The number of ketones is 1. The van der Waals surface area contributed by atoms with Crippen LogP contribution in [0.4, 0.5) is 0 Å². The average Bonchev–Trinajstić information content (AvgIpc) is 3.22. The third-order valence-electron chi connectivity index (χ3n) is 4.55. The Kier molecular flexibility index (Phi) is 5.70. The van der Waals surface area contributed by atoms with Gasteiger partial charge in [0.2, 0.25) is 5.89 Å². The molecule has 0 aliphatic carbocycles. The van der Waals surface area contributed by atoms with Gasteiger partial charge in [-0.3, -0.25) is 14.8 Å². The first kappa shape index (κ1) is 19.6. The third kappa shape index (κ3) is 4.30. The molecule has 0 radical (unpaired) electrons. The maximum Gasteiger partial charge on any atom is 0.228 e. The molecular formula is C23H21N3O4. The van der Waals surface area contributed by atoms with Crippen LogP contribution >= 0.6 is 0 Å². The maximum absolute atomic E-state index is 11.9. The van der Waals surface area contributed by atoms with Crippen LogP contribution in [-0.2, 0) is 6.61 Å². The van der Waals surface area contributed by atoms with Gasteiger partial charge in [0, 0.05) is 18.7 Å². The number of carbonyl (C=O) groups is 1. The third-order valence-corrected chi connectivity index (χ3v) is 4.55. The minimum Gasteiger partial charge on any atom is -0.495 e. The van der Waals surface area contributed by atoms with E-state index in [1.165, 1.54) is 0 Å². The second-order valence-electron chi connectivity index (χ2n) is 6.73. The molecule has 0 N–H and O–H groups in total. The summed E-state index contributed by atoms with van der Waals surface area (Å²) in [6.07, 6.45) is 4.55. The summed E-state index contributed by atoms with van der Waals surface area (Å²) >= 11 is 0. The van der Waals surface area contributed by atoms with Gasteiger partial charge in [-0.1, -0.05) is 6.92 Å². The molecule has 0 saturated carbocycles. The summed E-state index contributed by atoms with van der Waals surface area (Å²) in [6, 6.07) is 12.7. The van der Waals surface area contributed by atoms with Crippen LogP contribution in [0.25, 0.3) is 22.6 Å². The summed E-state index contributed by atoms with van der Waals surface area (Å²) in [5, 5.41) is 0. The molecule has 152 valence electrons. The van der Waals surface area contributed by atoms with E-state index in [1.807, 2.05) is 37.3 Å². The van der Waals surface area contributed by atoms with Gasteiger partial charge in [0.15, 0.2) is 11.4 Å². The highest BCUT2D eigenvalue weighted by Gasteiger charge is 2.12. The number of hydrogen-bond donors (Lipinski definition) is 0. The van der Waals surface area contributed by atoms with Crippen LogP contribution in [0.5, 0.6) is 11.5 Å². The summed E-state index contributed by atoms with van der Waals surface area (Å²) in [7, 11) is 1.60. The fourth-order valence-corrected chi connectivity index (χ4v) is 2.94. The topological polar surface area (TPSA) is 87.3 Å². The van der Waals surface area contributed by atoms with Gasteiger partial charge in [0.05, 0.1) is 24.6 Å². The van der Waals surface area contributed by atoms with E-state index in [4.69, 9.17) is 13.9 Å². The van der Waals surface area contributed by atoms with Gasteiger partial charge in [-0.15, -0.1) is 0 Å². The smallest absolute Gasteiger partial charge is 0.228 e. The standard InChI is InChI=1S/C23H21N3O4/c1-3-4-21(27)19-9-5-15(12-25-19)23-26-20-11-17(8-10-22(20)30-23)29-14-16-6-7-18(28-2)13-24-16/h5-13H,3-4,14H2,1-2H3. The molecule has 0 amide bonds. The molecule has 0 aliphatic heterocycles. The number of benzene rings is 1. The zero-order valence-electron chi connectivity index (χ0n) is 16.8. The van der Waals surface area contributed by atoms with E-state index < -0.39 is 0 Å². The number of fused-ring (bicyclic) bond motifs is 1. The number of oxazole rings is 1. The van der Waals surface area contributed by atoms with Gasteiger partial charge in [-0.05, 0) is 42.8 Å². The highest BCUT2D eigenvalue weighted by molar-refractivity contribution is 5.94. The van der Waals surface area contributed by atoms with Gasteiger partial charge >= 0.3 is 0 Å². The molecule has 0 atom stereocenters. The largest absolute Gasteiger partial charge is 0.495 e. The monoisotopic (exact) mass is 403 g/mol. The van der Waals surface area contributed by atoms with Crippen molar-refractivity contribution in [3.63, 3.8) is 0 Å². The first-order valence-corrected chi connectivity index (χ1v) is 9.68. The fourth-order valence-electron chi connectivity index (χ4n) is 2.94. The molecule has 0 aliphatic rings. The van der Waals surface area contributed by atoms with Crippen molar-refractivity contribution in [2.24, 2.45) is 0 Å². The molecule has 0 spiro atoms. The Morgan fingerprint density at radius 1 is 1.03 bits per heavy atom. The predicted octanol–water partition coefficient (Wildman–Crippen LogP) is 4.86. The van der Waals surface area contributed by atoms with Gasteiger partial charge < -0.3 is 13.9 Å². The van der Waals surface area contributed by atoms with E-state index in [0.717, 1.165) is 12.1 Å². The summed E-state index contributed by atoms with van der Waals surface area (Å²) in [4.78, 5) is 25.0. The van der Waals surface area contributed by atoms with Crippen LogP contribution in [0.15, 0.2) is 59.3 Å². The normalized spacial score (nSPS) is 10.9. The molecular weight excluding hydrogens is 382 g/mol. The first-order chi connectivity index (χ1) is 14.7. The first-order valence-electron chi connectivity index (χ1n) is 9.68. The number of nitrogens with zero attached hydrogens (tertiary/aromatic N) is 3. The van der Waals surface area contributed by atoms with Crippen LogP contribution < -0.4 is 9.47 Å². The second-order valence-corrected chi connectivity index (χ2v) is 6.73. The maximum atomic E-state index is 11.9. The lowest BCUT2D eigenvalue weighted by atomic mass is 10.1. The van der Waals surface area contributed by atoms with Crippen LogP contribution in [0.3, 0.4) is 0 Å². The van der Waals surface area contributed by atoms with E-state index in [2.05, 4.69) is 15.0 Å². The van der Waals surface area contributed by atoms with Crippen LogP contribution in [0, 0.1) is 0 Å². The zero-order valence-corrected chi connectivity index (χ0v) is 16.8. The summed E-state index contributed by atoms with van der Waals surface area (Å²) < 4.78 is 16.8. The van der Waals surface area contributed by atoms with Crippen molar-refractivity contribution in [3.8, 4) is 23.0 Å².